The summed E-state index contributed by atoms with van der Waals surface area (Å²) in [6.07, 6.45) is 3.13. The Kier molecular flexibility index (Phi) is 2.53. The fraction of sp³-hybridized carbons (Fsp3) is 0.200. The summed E-state index contributed by atoms with van der Waals surface area (Å²) >= 11 is 0. The molecular weight excluding hydrogens is 192 g/mol. The normalized spacial score (nSPS) is 10.0. The van der Waals surface area contributed by atoms with Crippen LogP contribution in [-0.2, 0) is 0 Å². The molecule has 0 fully saturated rings. The van der Waals surface area contributed by atoms with Gasteiger partial charge in [-0.25, -0.2) is 15.0 Å². The van der Waals surface area contributed by atoms with E-state index in [4.69, 9.17) is 4.74 Å². The average molecular weight is 202 g/mol. The van der Waals surface area contributed by atoms with E-state index in [1.165, 1.54) is 6.33 Å². The Morgan fingerprint density at radius 2 is 2.07 bits per heavy atom. The molecule has 0 amide bonds. The van der Waals surface area contributed by atoms with Crippen LogP contribution in [0.5, 0.6) is 5.88 Å². The van der Waals surface area contributed by atoms with Crippen molar-refractivity contribution in [1.82, 2.24) is 19.9 Å². The Morgan fingerprint density at radius 3 is 2.80 bits per heavy atom. The molecule has 76 valence electrons. The van der Waals surface area contributed by atoms with Crippen molar-refractivity contribution in [2.75, 3.05) is 7.11 Å². The van der Waals surface area contributed by atoms with E-state index in [9.17, 15) is 0 Å². The zero-order valence-corrected chi connectivity index (χ0v) is 8.51. The van der Waals surface area contributed by atoms with E-state index in [1.807, 2.05) is 13.0 Å². The van der Waals surface area contributed by atoms with Crippen LogP contribution >= 0.6 is 0 Å². The zero-order chi connectivity index (χ0) is 10.7. The predicted octanol–water partition coefficient (Wildman–Crippen LogP) is 1.25. The van der Waals surface area contributed by atoms with Gasteiger partial charge in [0.1, 0.15) is 12.0 Å². The van der Waals surface area contributed by atoms with Crippen LogP contribution in [-0.4, -0.2) is 27.0 Å². The largest absolute Gasteiger partial charge is 0.481 e. The Hall–Kier alpha value is -2.04. The summed E-state index contributed by atoms with van der Waals surface area (Å²) in [4.78, 5) is 16.4. The van der Waals surface area contributed by atoms with E-state index in [1.54, 1.807) is 19.4 Å². The zero-order valence-electron chi connectivity index (χ0n) is 8.51. The van der Waals surface area contributed by atoms with Gasteiger partial charge in [-0.05, 0) is 13.0 Å². The van der Waals surface area contributed by atoms with Crippen LogP contribution in [0.15, 0.2) is 24.7 Å². The monoisotopic (exact) mass is 202 g/mol. The lowest BCUT2D eigenvalue weighted by Gasteiger charge is -2.01. The third kappa shape index (κ3) is 2.07. The number of nitrogens with zero attached hydrogens (tertiary/aromatic N) is 4. The quantitative estimate of drug-likeness (QED) is 0.733. The molecule has 2 aromatic heterocycles. The molecule has 0 aliphatic carbocycles. The second kappa shape index (κ2) is 4.00. The second-order valence-electron chi connectivity index (χ2n) is 2.97. The lowest BCUT2D eigenvalue weighted by Crippen LogP contribution is -1.95. The summed E-state index contributed by atoms with van der Waals surface area (Å²) in [6.45, 7) is 1.89. The maximum absolute atomic E-state index is 5.01. The van der Waals surface area contributed by atoms with E-state index in [0.717, 1.165) is 5.69 Å². The lowest BCUT2D eigenvalue weighted by molar-refractivity contribution is 0.397. The van der Waals surface area contributed by atoms with Gasteiger partial charge < -0.3 is 4.74 Å². The first-order valence-corrected chi connectivity index (χ1v) is 4.45. The number of aromatic nitrogens is 4. The highest BCUT2D eigenvalue weighted by Gasteiger charge is 2.04. The van der Waals surface area contributed by atoms with E-state index < -0.39 is 0 Å². The second-order valence-corrected chi connectivity index (χ2v) is 2.97. The third-order valence-corrected chi connectivity index (χ3v) is 1.87. The number of hydrogen-bond donors (Lipinski definition) is 0. The number of rotatable bonds is 2. The van der Waals surface area contributed by atoms with Gasteiger partial charge in [0.15, 0.2) is 5.82 Å². The van der Waals surface area contributed by atoms with Crippen molar-refractivity contribution in [2.45, 2.75) is 6.92 Å². The number of ether oxygens (including phenoxy) is 1. The number of methoxy groups -OCH3 is 1. The van der Waals surface area contributed by atoms with E-state index >= 15 is 0 Å². The van der Waals surface area contributed by atoms with Gasteiger partial charge in [-0.3, -0.25) is 0 Å². The topological polar surface area (TPSA) is 60.8 Å². The van der Waals surface area contributed by atoms with Gasteiger partial charge in [0.05, 0.1) is 7.11 Å². The van der Waals surface area contributed by atoms with Crippen LogP contribution in [0.2, 0.25) is 0 Å². The van der Waals surface area contributed by atoms with Gasteiger partial charge in [0.25, 0.3) is 0 Å². The Balaban J connectivity index is 2.44. The van der Waals surface area contributed by atoms with Crippen LogP contribution in [0.3, 0.4) is 0 Å². The van der Waals surface area contributed by atoms with Crippen molar-refractivity contribution in [2.24, 2.45) is 0 Å². The van der Waals surface area contributed by atoms with Gasteiger partial charge in [0.2, 0.25) is 5.88 Å². The van der Waals surface area contributed by atoms with Gasteiger partial charge in [-0.15, -0.1) is 0 Å². The number of hydrogen-bond acceptors (Lipinski definition) is 5. The summed E-state index contributed by atoms with van der Waals surface area (Å²) in [7, 11) is 1.57. The SMILES string of the molecule is COc1ccnc(-c2cc(C)ncn2)n1. The summed E-state index contributed by atoms with van der Waals surface area (Å²) < 4.78 is 5.01. The van der Waals surface area contributed by atoms with Crippen LogP contribution in [0.25, 0.3) is 11.5 Å². The molecule has 5 heteroatoms. The average Bonchev–Trinajstić information content (AvgIpc) is 2.29. The van der Waals surface area contributed by atoms with Crippen LogP contribution in [0.4, 0.5) is 0 Å². The smallest absolute Gasteiger partial charge is 0.216 e. The molecule has 15 heavy (non-hydrogen) atoms. The minimum Gasteiger partial charge on any atom is -0.481 e. The molecular formula is C10H10N4O. The van der Waals surface area contributed by atoms with Crippen molar-refractivity contribution < 1.29 is 4.74 Å². The first kappa shape index (κ1) is 9.51. The van der Waals surface area contributed by atoms with Gasteiger partial charge in [-0.1, -0.05) is 0 Å². The molecule has 0 bridgehead atoms. The lowest BCUT2D eigenvalue weighted by atomic mass is 10.3. The highest BCUT2D eigenvalue weighted by atomic mass is 16.5. The number of aryl methyl sites for hydroxylation is 1. The standard InChI is InChI=1S/C10H10N4O/c1-7-5-8(13-6-12-7)10-11-4-3-9(14-10)15-2/h3-6H,1-2H3. The molecule has 0 saturated heterocycles. The highest BCUT2D eigenvalue weighted by Crippen LogP contribution is 2.14. The summed E-state index contributed by atoms with van der Waals surface area (Å²) in [5, 5.41) is 0. The minimum absolute atomic E-state index is 0.524. The van der Waals surface area contributed by atoms with Gasteiger partial charge in [-0.2, -0.15) is 4.98 Å². The molecule has 0 radical (unpaired) electrons. The molecule has 0 spiro atoms. The maximum atomic E-state index is 5.01. The molecule has 0 N–H and O–H groups in total. The highest BCUT2D eigenvalue weighted by molar-refractivity contribution is 5.49. The molecule has 5 nitrogen and oxygen atoms in total. The Labute approximate surface area is 87.2 Å². The molecule has 2 aromatic rings. The van der Waals surface area contributed by atoms with Crippen molar-refractivity contribution in [3.05, 3.63) is 30.4 Å². The van der Waals surface area contributed by atoms with Crippen molar-refractivity contribution in [1.29, 1.82) is 0 Å². The first-order valence-electron chi connectivity index (χ1n) is 4.45. The molecule has 0 aliphatic heterocycles. The van der Waals surface area contributed by atoms with E-state index in [-0.39, 0.29) is 0 Å². The van der Waals surface area contributed by atoms with Crippen LogP contribution in [0.1, 0.15) is 5.69 Å². The molecule has 0 aromatic carbocycles. The molecule has 0 unspecified atom stereocenters. The predicted molar refractivity (Wildman–Crippen MR) is 54.3 cm³/mol. The van der Waals surface area contributed by atoms with E-state index in [0.29, 0.717) is 17.4 Å². The third-order valence-electron chi connectivity index (χ3n) is 1.87. The van der Waals surface area contributed by atoms with Crippen LogP contribution in [0, 0.1) is 6.92 Å². The molecule has 0 atom stereocenters. The van der Waals surface area contributed by atoms with E-state index in [2.05, 4.69) is 19.9 Å². The van der Waals surface area contributed by atoms with Gasteiger partial charge in [0, 0.05) is 18.0 Å². The Bertz CT molecular complexity index is 472. The summed E-state index contributed by atoms with van der Waals surface area (Å²) in [5.74, 6) is 1.07. The Morgan fingerprint density at radius 1 is 1.20 bits per heavy atom. The summed E-state index contributed by atoms with van der Waals surface area (Å²) in [6, 6.07) is 3.52. The van der Waals surface area contributed by atoms with Crippen molar-refractivity contribution in [3.8, 4) is 17.4 Å². The fourth-order valence-electron chi connectivity index (χ4n) is 1.16. The maximum Gasteiger partial charge on any atom is 0.216 e. The summed E-state index contributed by atoms with van der Waals surface area (Å²) in [5.41, 5.74) is 1.58. The van der Waals surface area contributed by atoms with Crippen molar-refractivity contribution in [3.63, 3.8) is 0 Å². The fourth-order valence-corrected chi connectivity index (χ4v) is 1.16. The first-order chi connectivity index (χ1) is 7.29. The molecule has 0 aliphatic rings. The minimum atomic E-state index is 0.524. The van der Waals surface area contributed by atoms with Crippen LogP contribution < -0.4 is 4.74 Å². The molecule has 2 heterocycles. The van der Waals surface area contributed by atoms with Crippen molar-refractivity contribution >= 4 is 0 Å². The molecule has 2 rings (SSSR count). The molecule has 0 saturated carbocycles. The van der Waals surface area contributed by atoms with Gasteiger partial charge >= 0.3 is 0 Å².